The van der Waals surface area contributed by atoms with Crippen molar-refractivity contribution in [3.8, 4) is 0 Å². The van der Waals surface area contributed by atoms with Crippen molar-refractivity contribution in [2.45, 2.75) is 309 Å². The van der Waals surface area contributed by atoms with Gasteiger partial charge < -0.3 is 14.2 Å². The van der Waals surface area contributed by atoms with E-state index in [9.17, 15) is 14.4 Å². The van der Waals surface area contributed by atoms with E-state index in [4.69, 9.17) is 14.2 Å². The third-order valence-electron chi connectivity index (χ3n) is 13.0. The Labute approximate surface area is 428 Å². The summed E-state index contributed by atoms with van der Waals surface area (Å²) in [5.74, 6) is -0.894. The second-order valence-electron chi connectivity index (χ2n) is 19.9. The molecule has 0 aliphatic carbocycles. The van der Waals surface area contributed by atoms with Gasteiger partial charge in [-0.15, -0.1) is 0 Å². The Hall–Kier alpha value is -2.89. The molecule has 0 saturated heterocycles. The Kier molecular flexibility index (Phi) is 55.3. The van der Waals surface area contributed by atoms with Gasteiger partial charge in [0.1, 0.15) is 13.2 Å². The first kappa shape index (κ1) is 66.1. The highest BCUT2D eigenvalue weighted by molar-refractivity contribution is 5.71. The minimum absolute atomic E-state index is 0.0833. The fraction of sp³-hybridized carbons (Fsp3) is 0.794. The third-order valence-corrected chi connectivity index (χ3v) is 13.0. The second kappa shape index (κ2) is 57.7. The lowest BCUT2D eigenvalue weighted by molar-refractivity contribution is -0.167. The summed E-state index contributed by atoms with van der Waals surface area (Å²) in [7, 11) is 0. The molecule has 0 N–H and O–H groups in total. The first-order valence-electron chi connectivity index (χ1n) is 29.8. The Bertz CT molecular complexity index is 1250. The van der Waals surface area contributed by atoms with E-state index in [1.165, 1.54) is 173 Å². The molecular formula is C63H112O6. The van der Waals surface area contributed by atoms with Crippen LogP contribution in [0, 0.1) is 0 Å². The van der Waals surface area contributed by atoms with Crippen LogP contribution in [0.2, 0.25) is 0 Å². The van der Waals surface area contributed by atoms with Gasteiger partial charge in [-0.3, -0.25) is 14.4 Å². The number of hydrogen-bond donors (Lipinski definition) is 0. The summed E-state index contributed by atoms with van der Waals surface area (Å²) in [4.78, 5) is 38.2. The van der Waals surface area contributed by atoms with Crippen LogP contribution in [0.1, 0.15) is 303 Å². The van der Waals surface area contributed by atoms with Gasteiger partial charge in [-0.05, 0) is 109 Å². The lowest BCUT2D eigenvalue weighted by atomic mass is 10.1. The van der Waals surface area contributed by atoms with Gasteiger partial charge in [-0.25, -0.2) is 0 Å². The zero-order valence-electron chi connectivity index (χ0n) is 45.8. The summed E-state index contributed by atoms with van der Waals surface area (Å²) >= 11 is 0. The van der Waals surface area contributed by atoms with Gasteiger partial charge in [0, 0.05) is 19.3 Å². The molecule has 69 heavy (non-hydrogen) atoms. The van der Waals surface area contributed by atoms with Crippen molar-refractivity contribution in [2.24, 2.45) is 0 Å². The number of carbonyl (C=O) groups excluding carboxylic acids is 3. The van der Waals surface area contributed by atoms with E-state index in [1.807, 2.05) is 0 Å². The molecule has 0 amide bonds. The van der Waals surface area contributed by atoms with Crippen molar-refractivity contribution >= 4 is 17.9 Å². The molecule has 0 aliphatic heterocycles. The van der Waals surface area contributed by atoms with Crippen LogP contribution in [0.5, 0.6) is 0 Å². The Morgan fingerprint density at radius 2 is 0.522 bits per heavy atom. The summed E-state index contributed by atoms with van der Waals surface area (Å²) in [5, 5.41) is 0. The highest BCUT2D eigenvalue weighted by Crippen LogP contribution is 2.15. The number of hydrogen-bond acceptors (Lipinski definition) is 6. The average Bonchev–Trinajstić information content (AvgIpc) is 3.35. The number of carbonyl (C=O) groups is 3. The smallest absolute Gasteiger partial charge is 0.306 e. The van der Waals surface area contributed by atoms with Crippen molar-refractivity contribution in [2.75, 3.05) is 13.2 Å². The SMILES string of the molecule is CCCCCC/C=C\C/C=C\CCCCCCCCCC(=O)OCC(COC(=O)CCCCCCC/C=C\CCCCCCCC)OC(=O)CCCCCCCCC/C=C\C/C=C\CCCCCC. The topological polar surface area (TPSA) is 78.9 Å². The zero-order valence-corrected chi connectivity index (χ0v) is 45.8. The van der Waals surface area contributed by atoms with Gasteiger partial charge in [0.05, 0.1) is 0 Å². The van der Waals surface area contributed by atoms with Crippen LogP contribution in [0.3, 0.4) is 0 Å². The molecule has 6 heteroatoms. The molecule has 0 saturated carbocycles. The Morgan fingerprint density at radius 3 is 0.826 bits per heavy atom. The number of ether oxygens (including phenoxy) is 3. The normalized spacial score (nSPS) is 12.4. The van der Waals surface area contributed by atoms with E-state index in [0.717, 1.165) is 89.9 Å². The molecule has 6 nitrogen and oxygen atoms in total. The van der Waals surface area contributed by atoms with Crippen LogP contribution in [-0.2, 0) is 28.6 Å². The van der Waals surface area contributed by atoms with E-state index in [-0.39, 0.29) is 31.1 Å². The Morgan fingerprint density at radius 1 is 0.290 bits per heavy atom. The first-order valence-corrected chi connectivity index (χ1v) is 29.8. The fourth-order valence-electron chi connectivity index (χ4n) is 8.44. The molecule has 0 fully saturated rings. The van der Waals surface area contributed by atoms with Crippen LogP contribution in [0.4, 0.5) is 0 Å². The minimum atomic E-state index is -0.785. The summed E-state index contributed by atoms with van der Waals surface area (Å²) in [6.07, 6.45) is 72.0. The van der Waals surface area contributed by atoms with Gasteiger partial charge in [0.2, 0.25) is 0 Å². The first-order chi connectivity index (χ1) is 34.0. The molecule has 400 valence electrons. The van der Waals surface area contributed by atoms with Crippen LogP contribution < -0.4 is 0 Å². The van der Waals surface area contributed by atoms with Crippen molar-refractivity contribution in [3.05, 3.63) is 60.8 Å². The third kappa shape index (κ3) is 55.9. The summed E-state index contributed by atoms with van der Waals surface area (Å²) < 4.78 is 16.9. The van der Waals surface area contributed by atoms with Gasteiger partial charge >= 0.3 is 17.9 Å². The number of esters is 3. The highest BCUT2D eigenvalue weighted by atomic mass is 16.6. The van der Waals surface area contributed by atoms with Crippen LogP contribution in [-0.4, -0.2) is 37.2 Å². The van der Waals surface area contributed by atoms with Crippen LogP contribution in [0.25, 0.3) is 0 Å². The minimum Gasteiger partial charge on any atom is -0.462 e. The highest BCUT2D eigenvalue weighted by Gasteiger charge is 2.19. The molecule has 0 aromatic carbocycles. The maximum Gasteiger partial charge on any atom is 0.306 e. The average molecular weight is 966 g/mol. The molecule has 1 unspecified atom stereocenters. The molecule has 0 bridgehead atoms. The number of unbranched alkanes of at least 4 members (excludes halogenated alkanes) is 33. The predicted octanol–water partition coefficient (Wildman–Crippen LogP) is 20.0. The van der Waals surface area contributed by atoms with Crippen LogP contribution in [0.15, 0.2) is 60.8 Å². The predicted molar refractivity (Wildman–Crippen MR) is 298 cm³/mol. The molecule has 0 heterocycles. The van der Waals surface area contributed by atoms with Crippen molar-refractivity contribution < 1.29 is 28.6 Å². The summed E-state index contributed by atoms with van der Waals surface area (Å²) in [6.45, 7) is 6.61. The largest absolute Gasteiger partial charge is 0.462 e. The molecule has 0 rings (SSSR count). The van der Waals surface area contributed by atoms with E-state index in [1.54, 1.807) is 0 Å². The molecular weight excluding hydrogens is 853 g/mol. The molecule has 1 atom stereocenters. The van der Waals surface area contributed by atoms with Crippen LogP contribution >= 0.6 is 0 Å². The van der Waals surface area contributed by atoms with Gasteiger partial charge in [0.15, 0.2) is 6.10 Å². The van der Waals surface area contributed by atoms with E-state index >= 15 is 0 Å². The number of allylic oxidation sites excluding steroid dienone is 10. The molecule has 0 aromatic heterocycles. The van der Waals surface area contributed by atoms with E-state index in [2.05, 4.69) is 81.5 Å². The summed E-state index contributed by atoms with van der Waals surface area (Å²) in [6, 6.07) is 0. The second-order valence-corrected chi connectivity index (χ2v) is 19.9. The standard InChI is InChI=1S/C63H112O6/c1-4-7-10-13-16-19-22-25-28-30-32-35-38-41-44-47-50-53-56-62(65)68-59-60(58-67-61(64)55-52-49-46-43-40-37-34-27-24-21-18-15-12-9-6-3)69-63(66)57-54-51-48-45-42-39-36-33-31-29-26-23-20-17-14-11-8-5-2/h19-20,22-23,27-31,34,60H,4-18,21,24-26,32-33,35-59H2,1-3H3/b22-19-,23-20-,30-28-,31-29-,34-27-. The Balaban J connectivity index is 4.40. The fourth-order valence-corrected chi connectivity index (χ4v) is 8.44. The lowest BCUT2D eigenvalue weighted by Gasteiger charge is -2.18. The quantitative estimate of drug-likeness (QED) is 0.0262. The van der Waals surface area contributed by atoms with Gasteiger partial charge in [-0.2, -0.15) is 0 Å². The maximum atomic E-state index is 12.9. The number of rotatable bonds is 54. The van der Waals surface area contributed by atoms with E-state index < -0.39 is 6.10 Å². The van der Waals surface area contributed by atoms with Crippen molar-refractivity contribution in [1.82, 2.24) is 0 Å². The van der Waals surface area contributed by atoms with Gasteiger partial charge in [-0.1, -0.05) is 236 Å². The molecule has 0 radical (unpaired) electrons. The monoisotopic (exact) mass is 965 g/mol. The maximum absolute atomic E-state index is 12.9. The van der Waals surface area contributed by atoms with Crippen molar-refractivity contribution in [3.63, 3.8) is 0 Å². The lowest BCUT2D eigenvalue weighted by Crippen LogP contribution is -2.30. The molecule has 0 aromatic rings. The zero-order chi connectivity index (χ0) is 50.0. The summed E-state index contributed by atoms with van der Waals surface area (Å²) in [5.41, 5.74) is 0. The van der Waals surface area contributed by atoms with Gasteiger partial charge in [0.25, 0.3) is 0 Å². The molecule has 0 aliphatic rings. The molecule has 0 spiro atoms. The van der Waals surface area contributed by atoms with Crippen molar-refractivity contribution in [1.29, 1.82) is 0 Å². The van der Waals surface area contributed by atoms with E-state index in [0.29, 0.717) is 19.3 Å².